The first-order valence-electron chi connectivity index (χ1n) is 9.01. The lowest BCUT2D eigenvalue weighted by Crippen LogP contribution is -2.96. The highest BCUT2D eigenvalue weighted by Crippen LogP contribution is 2.27. The predicted molar refractivity (Wildman–Crippen MR) is 110 cm³/mol. The summed E-state index contributed by atoms with van der Waals surface area (Å²) in [6.07, 6.45) is 5.63. The van der Waals surface area contributed by atoms with E-state index in [1.807, 2.05) is 24.7 Å². The lowest BCUT2D eigenvalue weighted by atomic mass is 10.1. The zero-order chi connectivity index (χ0) is 18.1. The topological polar surface area (TPSA) is 30.2 Å². The molecule has 5 rings (SSSR count). The largest absolute Gasteiger partial charge is 0.264 e. The first-order chi connectivity index (χ1) is 13.4. The second kappa shape index (κ2) is 6.63. The van der Waals surface area contributed by atoms with Crippen molar-refractivity contribution in [3.8, 4) is 0 Å². The second-order valence-corrected chi connectivity index (χ2v) is 6.52. The van der Waals surface area contributed by atoms with Gasteiger partial charge in [0, 0.05) is 41.5 Å². The van der Waals surface area contributed by atoms with Gasteiger partial charge in [-0.25, -0.2) is 4.90 Å². The van der Waals surface area contributed by atoms with E-state index in [1.165, 1.54) is 27.3 Å². The van der Waals surface area contributed by atoms with Crippen LogP contribution >= 0.6 is 0 Å². The molecule has 0 aliphatic rings. The molecule has 128 valence electrons. The summed E-state index contributed by atoms with van der Waals surface area (Å²) in [6.45, 7) is 0. The van der Waals surface area contributed by atoms with Gasteiger partial charge in [-0.15, -0.1) is 0 Å². The summed E-state index contributed by atoms with van der Waals surface area (Å²) in [4.78, 5) is 10.1. The van der Waals surface area contributed by atoms with Crippen molar-refractivity contribution in [3.05, 3.63) is 104 Å². The van der Waals surface area contributed by atoms with Crippen molar-refractivity contribution in [2.24, 2.45) is 0 Å². The van der Waals surface area contributed by atoms with Crippen LogP contribution in [0.15, 0.2) is 104 Å². The van der Waals surface area contributed by atoms with Crippen LogP contribution in [0.4, 0.5) is 17.1 Å². The van der Waals surface area contributed by atoms with E-state index in [4.69, 9.17) is 0 Å². The first kappa shape index (κ1) is 15.7. The predicted octanol–water partition coefficient (Wildman–Crippen LogP) is 4.96. The van der Waals surface area contributed by atoms with Gasteiger partial charge in [0.2, 0.25) is 0 Å². The monoisotopic (exact) mass is 348 g/mol. The average Bonchev–Trinajstić information content (AvgIpc) is 2.75. The van der Waals surface area contributed by atoms with Gasteiger partial charge in [-0.2, -0.15) is 0 Å². The third-order valence-corrected chi connectivity index (χ3v) is 4.93. The summed E-state index contributed by atoms with van der Waals surface area (Å²) < 4.78 is 0. The maximum absolute atomic E-state index is 4.55. The minimum absolute atomic E-state index is 1.00. The SMILES string of the molecule is c1ccc([NH+](c2cccc3cnccc23)c2cccc3ncccc23)cc1. The fraction of sp³-hybridized carbons (Fsp3) is 0. The Morgan fingerprint density at radius 3 is 2.30 bits per heavy atom. The van der Waals surface area contributed by atoms with Crippen LogP contribution in [0.25, 0.3) is 21.7 Å². The van der Waals surface area contributed by atoms with Gasteiger partial charge in [0.05, 0.1) is 10.9 Å². The molecule has 0 saturated heterocycles. The highest BCUT2D eigenvalue weighted by molar-refractivity contribution is 5.93. The Hall–Kier alpha value is -3.56. The van der Waals surface area contributed by atoms with E-state index in [9.17, 15) is 0 Å². The standard InChI is InChI=1S/C24H17N3/c1-2-8-19(9-3-1)27(23-12-4-7-18-17-25-16-14-20(18)23)24-13-5-11-22-21(24)10-6-15-26-22/h1-17H/p+1. The van der Waals surface area contributed by atoms with Crippen LogP contribution in [0.1, 0.15) is 0 Å². The number of para-hydroxylation sites is 1. The van der Waals surface area contributed by atoms with Gasteiger partial charge >= 0.3 is 0 Å². The Morgan fingerprint density at radius 1 is 0.593 bits per heavy atom. The van der Waals surface area contributed by atoms with Gasteiger partial charge < -0.3 is 0 Å². The number of benzene rings is 3. The molecular weight excluding hydrogens is 330 g/mol. The molecule has 0 saturated carbocycles. The van der Waals surface area contributed by atoms with E-state index in [0.29, 0.717) is 0 Å². The molecule has 0 fully saturated rings. The Labute approximate surface area is 157 Å². The van der Waals surface area contributed by atoms with Gasteiger partial charge in [0.1, 0.15) is 11.4 Å². The van der Waals surface area contributed by atoms with Crippen molar-refractivity contribution in [2.45, 2.75) is 0 Å². The molecule has 5 aromatic rings. The number of rotatable bonds is 3. The highest BCUT2D eigenvalue weighted by atomic mass is 15.1. The van der Waals surface area contributed by atoms with Gasteiger partial charge in [0.25, 0.3) is 0 Å². The van der Waals surface area contributed by atoms with Crippen molar-refractivity contribution < 1.29 is 4.90 Å². The second-order valence-electron chi connectivity index (χ2n) is 6.52. The van der Waals surface area contributed by atoms with E-state index in [0.717, 1.165) is 16.3 Å². The number of hydrogen-bond donors (Lipinski definition) is 1. The third kappa shape index (κ3) is 2.75. The Bertz CT molecular complexity index is 1140. The highest BCUT2D eigenvalue weighted by Gasteiger charge is 2.23. The number of pyridine rings is 2. The summed E-state index contributed by atoms with van der Waals surface area (Å²) in [6, 6.07) is 29.6. The van der Waals surface area contributed by atoms with Crippen LogP contribution in [-0.4, -0.2) is 9.97 Å². The number of hydrogen-bond acceptors (Lipinski definition) is 2. The molecule has 0 bridgehead atoms. The fourth-order valence-electron chi connectivity index (χ4n) is 3.72. The van der Waals surface area contributed by atoms with Crippen molar-refractivity contribution in [3.63, 3.8) is 0 Å². The molecule has 2 aromatic heterocycles. The lowest BCUT2D eigenvalue weighted by molar-refractivity contribution is -0.678. The zero-order valence-electron chi connectivity index (χ0n) is 14.7. The number of fused-ring (bicyclic) bond motifs is 2. The van der Waals surface area contributed by atoms with Crippen molar-refractivity contribution in [1.82, 2.24) is 9.97 Å². The van der Waals surface area contributed by atoms with Gasteiger partial charge in [-0.3, -0.25) is 9.97 Å². The molecule has 1 unspecified atom stereocenters. The Balaban J connectivity index is 1.85. The van der Waals surface area contributed by atoms with Crippen LogP contribution in [0.5, 0.6) is 0 Å². The first-order valence-corrected chi connectivity index (χ1v) is 9.01. The van der Waals surface area contributed by atoms with E-state index in [2.05, 4.69) is 88.8 Å². The third-order valence-electron chi connectivity index (χ3n) is 4.93. The minimum atomic E-state index is 1.00. The zero-order valence-corrected chi connectivity index (χ0v) is 14.7. The van der Waals surface area contributed by atoms with Crippen LogP contribution in [0.3, 0.4) is 0 Å². The van der Waals surface area contributed by atoms with Gasteiger partial charge in [-0.05, 0) is 36.4 Å². The number of nitrogens with one attached hydrogen (secondary N) is 1. The number of quaternary nitrogens is 1. The lowest BCUT2D eigenvalue weighted by Gasteiger charge is -2.21. The number of aromatic nitrogens is 2. The maximum atomic E-state index is 4.55. The molecule has 1 N–H and O–H groups in total. The summed E-state index contributed by atoms with van der Waals surface area (Å²) >= 11 is 0. The van der Waals surface area contributed by atoms with E-state index >= 15 is 0 Å². The normalized spacial score (nSPS) is 12.3. The van der Waals surface area contributed by atoms with E-state index < -0.39 is 0 Å². The Morgan fingerprint density at radius 2 is 1.41 bits per heavy atom. The molecule has 0 aliphatic carbocycles. The molecule has 3 heteroatoms. The summed E-state index contributed by atoms with van der Waals surface area (Å²) in [7, 11) is 0. The smallest absolute Gasteiger partial charge is 0.150 e. The van der Waals surface area contributed by atoms with E-state index in [1.54, 1.807) is 0 Å². The molecule has 0 spiro atoms. The number of nitrogens with zero attached hydrogens (tertiary/aromatic N) is 2. The van der Waals surface area contributed by atoms with Crippen LogP contribution in [0.2, 0.25) is 0 Å². The Kier molecular flexibility index (Phi) is 3.85. The van der Waals surface area contributed by atoms with Crippen molar-refractivity contribution in [1.29, 1.82) is 0 Å². The molecule has 0 radical (unpaired) electrons. The van der Waals surface area contributed by atoms with Gasteiger partial charge in [0.15, 0.2) is 5.69 Å². The van der Waals surface area contributed by atoms with Crippen molar-refractivity contribution >= 4 is 38.7 Å². The van der Waals surface area contributed by atoms with Crippen LogP contribution in [-0.2, 0) is 0 Å². The molecule has 1 atom stereocenters. The molecule has 0 amide bonds. The quantitative estimate of drug-likeness (QED) is 0.499. The van der Waals surface area contributed by atoms with Gasteiger partial charge in [-0.1, -0.05) is 36.4 Å². The molecule has 3 nitrogen and oxygen atoms in total. The molecular formula is C24H18N3+. The molecule has 27 heavy (non-hydrogen) atoms. The summed E-state index contributed by atoms with van der Waals surface area (Å²) in [5.41, 5.74) is 4.59. The van der Waals surface area contributed by atoms with Crippen LogP contribution < -0.4 is 4.90 Å². The average molecular weight is 348 g/mol. The molecule has 2 heterocycles. The van der Waals surface area contributed by atoms with Crippen molar-refractivity contribution in [2.75, 3.05) is 0 Å². The fourth-order valence-corrected chi connectivity index (χ4v) is 3.72. The van der Waals surface area contributed by atoms with E-state index in [-0.39, 0.29) is 0 Å². The molecule has 3 aromatic carbocycles. The molecule has 0 aliphatic heterocycles. The maximum Gasteiger partial charge on any atom is 0.150 e. The van der Waals surface area contributed by atoms with Crippen LogP contribution in [0, 0.1) is 0 Å². The minimum Gasteiger partial charge on any atom is -0.264 e. The summed E-state index contributed by atoms with van der Waals surface area (Å²) in [5.74, 6) is 0. The summed E-state index contributed by atoms with van der Waals surface area (Å²) in [5, 5.41) is 3.50.